The van der Waals surface area contributed by atoms with Crippen molar-refractivity contribution in [3.05, 3.63) is 76.0 Å². The molecule has 1 heteroatoms. The highest BCUT2D eigenvalue weighted by Crippen LogP contribution is 2.54. The van der Waals surface area contributed by atoms with Gasteiger partial charge in [0, 0.05) is 11.6 Å². The number of hydrogen-bond acceptors (Lipinski definition) is 0. The predicted octanol–water partition coefficient (Wildman–Crippen LogP) is 8.92. The Morgan fingerprint density at radius 1 is 0.778 bits per heavy atom. The number of aromatic nitrogens is 1. The number of benzene rings is 2. The first-order valence-electron chi connectivity index (χ1n) is 14.4. The van der Waals surface area contributed by atoms with Crippen molar-refractivity contribution in [2.45, 2.75) is 98.3 Å². The molecule has 6 rings (SSSR count). The highest BCUT2D eigenvalue weighted by Gasteiger charge is 2.41. The van der Waals surface area contributed by atoms with E-state index in [-0.39, 0.29) is 0 Å². The maximum atomic E-state index is 2.50. The zero-order valence-corrected chi connectivity index (χ0v) is 23.4. The minimum Gasteiger partial charge on any atom is -0.201 e. The molecule has 1 heterocycles. The molecule has 2 fully saturated rings. The Hall–Kier alpha value is -2.41. The average molecular weight is 479 g/mol. The number of nitrogens with zero attached hydrogens (tertiary/aromatic N) is 1. The zero-order valence-electron chi connectivity index (χ0n) is 23.4. The molecule has 3 aromatic rings. The molecular formula is C35H44N+. The number of rotatable bonds is 2. The first-order valence-corrected chi connectivity index (χ1v) is 14.4. The average Bonchev–Trinajstić information content (AvgIpc) is 3.21. The van der Waals surface area contributed by atoms with E-state index in [0.29, 0.717) is 10.8 Å². The van der Waals surface area contributed by atoms with Gasteiger partial charge in [0.2, 0.25) is 5.69 Å². The SMILES string of the molecule is Cc1ccc2c(c1)-c1ccc(C)c(-c3cc(C)c(C4CCC5(CC4)CCC(C)(C)CC5)c[n+]3C)c1C2. The summed E-state index contributed by atoms with van der Waals surface area (Å²) in [5.74, 6) is 0.723. The summed E-state index contributed by atoms with van der Waals surface area (Å²) < 4.78 is 2.44. The standard InChI is InChI=1S/C35H44N/c1-23-7-9-27-21-30-28(29(27)19-23)10-8-24(2)33(30)32-20-25(3)31(22-36(32)6)26-11-13-35(14-12-26)17-15-34(4,5)16-18-35/h7-10,19-20,22,26H,11-18,21H2,1-6H3/q+1. The molecule has 0 unspecified atom stereocenters. The molecule has 0 amide bonds. The van der Waals surface area contributed by atoms with Gasteiger partial charge in [-0.3, -0.25) is 0 Å². The summed E-state index contributed by atoms with van der Waals surface area (Å²) >= 11 is 0. The van der Waals surface area contributed by atoms with Crippen molar-refractivity contribution in [1.82, 2.24) is 0 Å². The lowest BCUT2D eigenvalue weighted by atomic mass is 9.58. The maximum Gasteiger partial charge on any atom is 0.213 e. The second kappa shape index (κ2) is 8.57. The summed E-state index contributed by atoms with van der Waals surface area (Å²) in [5, 5.41) is 0. The maximum absolute atomic E-state index is 2.50. The fourth-order valence-electron chi connectivity index (χ4n) is 7.79. The van der Waals surface area contributed by atoms with Gasteiger partial charge < -0.3 is 0 Å². The smallest absolute Gasteiger partial charge is 0.201 e. The normalized spacial score (nSPS) is 20.4. The Morgan fingerprint density at radius 2 is 1.50 bits per heavy atom. The van der Waals surface area contributed by atoms with Crippen LogP contribution in [0.1, 0.15) is 105 Å². The van der Waals surface area contributed by atoms with Gasteiger partial charge >= 0.3 is 0 Å². The van der Waals surface area contributed by atoms with Crippen LogP contribution in [0.2, 0.25) is 0 Å². The van der Waals surface area contributed by atoms with Crippen LogP contribution >= 0.6 is 0 Å². The van der Waals surface area contributed by atoms with Gasteiger partial charge in [0.1, 0.15) is 7.05 Å². The van der Waals surface area contributed by atoms with Crippen LogP contribution in [-0.4, -0.2) is 0 Å². The van der Waals surface area contributed by atoms with Gasteiger partial charge in [0.25, 0.3) is 0 Å². The van der Waals surface area contributed by atoms with E-state index < -0.39 is 0 Å². The minimum atomic E-state index is 0.568. The van der Waals surface area contributed by atoms with E-state index in [2.05, 4.69) is 88.8 Å². The first kappa shape index (κ1) is 24.0. The van der Waals surface area contributed by atoms with Crippen LogP contribution in [0.25, 0.3) is 22.4 Å². The molecule has 0 radical (unpaired) electrons. The summed E-state index contributed by atoms with van der Waals surface area (Å²) in [4.78, 5) is 0. The van der Waals surface area contributed by atoms with Gasteiger partial charge in [0.15, 0.2) is 6.20 Å². The summed E-state index contributed by atoms with van der Waals surface area (Å²) in [6.45, 7) is 11.8. The molecule has 0 saturated heterocycles. The molecule has 1 aromatic heterocycles. The summed E-state index contributed by atoms with van der Waals surface area (Å²) in [5.41, 5.74) is 15.7. The molecular weight excluding hydrogens is 434 g/mol. The van der Waals surface area contributed by atoms with E-state index in [4.69, 9.17) is 0 Å². The van der Waals surface area contributed by atoms with E-state index in [1.165, 1.54) is 102 Å². The highest BCUT2D eigenvalue weighted by molar-refractivity contribution is 5.85. The zero-order chi connectivity index (χ0) is 25.2. The van der Waals surface area contributed by atoms with Gasteiger partial charge in [-0.1, -0.05) is 49.7 Å². The molecule has 2 saturated carbocycles. The van der Waals surface area contributed by atoms with Crippen LogP contribution in [0.5, 0.6) is 0 Å². The molecule has 0 atom stereocenters. The van der Waals surface area contributed by atoms with Gasteiger partial charge in [0.05, 0.1) is 5.56 Å². The van der Waals surface area contributed by atoms with Crippen LogP contribution in [0, 0.1) is 31.6 Å². The van der Waals surface area contributed by atoms with Crippen molar-refractivity contribution >= 4 is 0 Å². The Morgan fingerprint density at radius 3 is 2.22 bits per heavy atom. The number of aryl methyl sites for hydroxylation is 4. The van der Waals surface area contributed by atoms with E-state index in [1.807, 2.05) is 0 Å². The summed E-state index contributed by atoms with van der Waals surface area (Å²) in [6, 6.07) is 14.2. The van der Waals surface area contributed by atoms with Gasteiger partial charge in [-0.25, -0.2) is 4.57 Å². The second-order valence-corrected chi connectivity index (χ2v) is 13.5. The van der Waals surface area contributed by atoms with Crippen molar-refractivity contribution in [1.29, 1.82) is 0 Å². The molecule has 0 N–H and O–H groups in total. The van der Waals surface area contributed by atoms with Crippen molar-refractivity contribution in [3.8, 4) is 22.4 Å². The summed E-state index contributed by atoms with van der Waals surface area (Å²) in [7, 11) is 2.27. The molecule has 36 heavy (non-hydrogen) atoms. The Balaban J connectivity index is 1.29. The Kier molecular flexibility index (Phi) is 5.71. The largest absolute Gasteiger partial charge is 0.213 e. The number of pyridine rings is 1. The van der Waals surface area contributed by atoms with Crippen LogP contribution in [0.15, 0.2) is 42.6 Å². The molecule has 2 aromatic carbocycles. The van der Waals surface area contributed by atoms with Crippen molar-refractivity contribution < 1.29 is 4.57 Å². The molecule has 1 nitrogen and oxygen atoms in total. The van der Waals surface area contributed by atoms with Crippen LogP contribution in [-0.2, 0) is 13.5 Å². The quantitative estimate of drug-likeness (QED) is 0.253. The topological polar surface area (TPSA) is 3.88 Å². The van der Waals surface area contributed by atoms with Gasteiger partial charge in [-0.15, -0.1) is 0 Å². The third kappa shape index (κ3) is 4.04. The number of fused-ring (bicyclic) bond motifs is 3. The van der Waals surface area contributed by atoms with Crippen molar-refractivity contribution in [2.24, 2.45) is 17.9 Å². The third-order valence-corrected chi connectivity index (χ3v) is 10.4. The summed E-state index contributed by atoms with van der Waals surface area (Å²) in [6.07, 6.45) is 14.9. The lowest BCUT2D eigenvalue weighted by Crippen LogP contribution is -2.36. The lowest BCUT2D eigenvalue weighted by molar-refractivity contribution is -0.661. The third-order valence-electron chi connectivity index (χ3n) is 10.4. The molecule has 0 aliphatic heterocycles. The minimum absolute atomic E-state index is 0.568. The fourth-order valence-corrected chi connectivity index (χ4v) is 7.79. The first-order chi connectivity index (χ1) is 17.1. The van der Waals surface area contributed by atoms with Gasteiger partial charge in [-0.05, 0) is 129 Å². The van der Waals surface area contributed by atoms with Gasteiger partial charge in [-0.2, -0.15) is 0 Å². The molecule has 1 spiro atoms. The lowest BCUT2D eigenvalue weighted by Gasteiger charge is -2.47. The van der Waals surface area contributed by atoms with Crippen molar-refractivity contribution in [3.63, 3.8) is 0 Å². The van der Waals surface area contributed by atoms with Crippen LogP contribution in [0.3, 0.4) is 0 Å². The van der Waals surface area contributed by atoms with Crippen LogP contribution < -0.4 is 4.57 Å². The molecule has 188 valence electrons. The molecule has 3 aliphatic rings. The van der Waals surface area contributed by atoms with E-state index in [1.54, 1.807) is 5.56 Å². The van der Waals surface area contributed by atoms with E-state index in [9.17, 15) is 0 Å². The van der Waals surface area contributed by atoms with Crippen LogP contribution in [0.4, 0.5) is 0 Å². The highest BCUT2D eigenvalue weighted by atomic mass is 14.9. The van der Waals surface area contributed by atoms with E-state index in [0.717, 1.165) is 12.3 Å². The monoisotopic (exact) mass is 478 g/mol. The van der Waals surface area contributed by atoms with Crippen molar-refractivity contribution in [2.75, 3.05) is 0 Å². The second-order valence-electron chi connectivity index (χ2n) is 13.5. The van der Waals surface area contributed by atoms with E-state index >= 15 is 0 Å². The Bertz CT molecular complexity index is 1320. The Labute approximate surface area is 219 Å². The molecule has 3 aliphatic carbocycles. The molecule has 0 bridgehead atoms. The fraction of sp³-hybridized carbons (Fsp3) is 0.514. The number of hydrogen-bond donors (Lipinski definition) is 0. The predicted molar refractivity (Wildman–Crippen MR) is 151 cm³/mol.